The number of nitrogens with zero attached hydrogens (tertiary/aromatic N) is 2. The Balaban J connectivity index is 1.59. The maximum absolute atomic E-state index is 12.5. The molecule has 5 heteroatoms. The Labute approximate surface area is 183 Å². The van der Waals surface area contributed by atoms with E-state index in [1.807, 2.05) is 30.3 Å². The Morgan fingerprint density at radius 3 is 2.54 bits per heavy atom. The van der Waals surface area contributed by atoms with E-state index in [1.54, 1.807) is 10.7 Å². The number of hydrogen-bond acceptors (Lipinski definition) is 2. The summed E-state index contributed by atoms with van der Waals surface area (Å²) in [4.78, 5) is 12.5. The van der Waals surface area contributed by atoms with Gasteiger partial charge in [0.05, 0.1) is 11.7 Å². The zero-order valence-corrected chi connectivity index (χ0v) is 18.7. The first-order valence-corrected chi connectivity index (χ1v) is 11.0. The Bertz CT molecular complexity index is 1050. The molecule has 28 heavy (non-hydrogen) atoms. The molecule has 1 aromatic heterocycles. The van der Waals surface area contributed by atoms with E-state index in [4.69, 9.17) is 16.7 Å². The van der Waals surface area contributed by atoms with Crippen molar-refractivity contribution in [3.05, 3.63) is 87.2 Å². The highest BCUT2D eigenvalue weighted by Crippen LogP contribution is 2.48. The predicted molar refractivity (Wildman–Crippen MR) is 123 cm³/mol. The predicted octanol–water partition coefficient (Wildman–Crippen LogP) is 6.32. The van der Waals surface area contributed by atoms with Crippen molar-refractivity contribution in [1.82, 2.24) is 9.78 Å². The molecule has 1 aliphatic rings. The van der Waals surface area contributed by atoms with E-state index >= 15 is 0 Å². The van der Waals surface area contributed by atoms with Crippen LogP contribution in [0.15, 0.2) is 65.5 Å². The molecule has 1 heterocycles. The fraction of sp³-hybridized carbons (Fsp3) is 0.304. The first-order valence-electron chi connectivity index (χ1n) is 9.57. The van der Waals surface area contributed by atoms with Gasteiger partial charge in [0.1, 0.15) is 0 Å². The third-order valence-electron chi connectivity index (χ3n) is 5.68. The number of alkyl halides is 1. The summed E-state index contributed by atoms with van der Waals surface area (Å²) in [5.41, 5.74) is 4.35. The molecule has 0 bridgehead atoms. The number of aromatic nitrogens is 2. The van der Waals surface area contributed by atoms with Crippen LogP contribution in [0.2, 0.25) is 5.02 Å². The van der Waals surface area contributed by atoms with Crippen molar-refractivity contribution in [3.63, 3.8) is 0 Å². The molecule has 0 aliphatic heterocycles. The molecule has 4 rings (SSSR count). The van der Waals surface area contributed by atoms with Gasteiger partial charge in [0, 0.05) is 20.1 Å². The molecule has 0 radical (unpaired) electrons. The molecular formula is C23H22ClIN2O. The van der Waals surface area contributed by atoms with Gasteiger partial charge in [-0.2, -0.15) is 5.10 Å². The van der Waals surface area contributed by atoms with Crippen LogP contribution in [-0.2, 0) is 3.42 Å². The quantitative estimate of drug-likeness (QED) is 0.309. The van der Waals surface area contributed by atoms with Crippen LogP contribution in [0.1, 0.15) is 42.9 Å². The fourth-order valence-electron chi connectivity index (χ4n) is 4.05. The summed E-state index contributed by atoms with van der Waals surface area (Å²) in [5.74, 6) is 0. The zero-order chi connectivity index (χ0) is 19.7. The minimum Gasteiger partial charge on any atom is -0.268 e. The minimum absolute atomic E-state index is 0.0222. The Morgan fingerprint density at radius 1 is 1.07 bits per heavy atom. The number of rotatable bonds is 3. The highest BCUT2D eigenvalue weighted by atomic mass is 127. The molecule has 1 fully saturated rings. The standard InChI is InChI=1S/C23H22ClIN2O/c1-16-5-2-3-8-20(16)21-9-10-22(28)27(26-21)19-11-13-23(25,14-12-19)17-6-4-7-18(24)15-17/h2-10,15,19H,11-14H2,1H3. The molecule has 1 aliphatic carbocycles. The van der Waals surface area contributed by atoms with Gasteiger partial charge < -0.3 is 0 Å². The maximum atomic E-state index is 12.5. The van der Waals surface area contributed by atoms with Gasteiger partial charge in [-0.25, -0.2) is 4.68 Å². The molecule has 0 spiro atoms. The van der Waals surface area contributed by atoms with Gasteiger partial charge in [0.15, 0.2) is 0 Å². The SMILES string of the molecule is Cc1ccccc1-c1ccc(=O)n(C2CCC(I)(c3cccc(Cl)c3)CC2)n1. The average Bonchev–Trinajstić information content (AvgIpc) is 2.70. The lowest BCUT2D eigenvalue weighted by molar-refractivity contribution is 0.287. The molecule has 0 saturated heterocycles. The largest absolute Gasteiger partial charge is 0.268 e. The zero-order valence-electron chi connectivity index (χ0n) is 15.7. The number of benzene rings is 2. The third kappa shape index (κ3) is 3.90. The molecule has 2 aromatic carbocycles. The van der Waals surface area contributed by atoms with Crippen LogP contribution in [0.25, 0.3) is 11.3 Å². The highest BCUT2D eigenvalue weighted by molar-refractivity contribution is 14.1. The summed E-state index contributed by atoms with van der Waals surface area (Å²) in [7, 11) is 0. The van der Waals surface area contributed by atoms with Crippen molar-refractivity contribution in [2.75, 3.05) is 0 Å². The lowest BCUT2D eigenvalue weighted by Crippen LogP contribution is -2.33. The van der Waals surface area contributed by atoms with Crippen molar-refractivity contribution >= 4 is 34.2 Å². The molecule has 144 valence electrons. The van der Waals surface area contributed by atoms with E-state index in [1.165, 1.54) is 5.56 Å². The van der Waals surface area contributed by atoms with Gasteiger partial charge in [0.2, 0.25) is 0 Å². The average molecular weight is 505 g/mol. The molecule has 0 amide bonds. The van der Waals surface area contributed by atoms with Crippen molar-refractivity contribution in [2.45, 2.75) is 42.1 Å². The first-order chi connectivity index (χ1) is 13.5. The van der Waals surface area contributed by atoms with Gasteiger partial charge in [-0.05, 0) is 61.9 Å². The summed E-state index contributed by atoms with van der Waals surface area (Å²) < 4.78 is 1.77. The molecule has 3 nitrogen and oxygen atoms in total. The van der Waals surface area contributed by atoms with E-state index < -0.39 is 0 Å². The normalized spacial score (nSPS) is 22.2. The van der Waals surface area contributed by atoms with E-state index in [-0.39, 0.29) is 15.0 Å². The van der Waals surface area contributed by atoms with Crippen molar-refractivity contribution in [1.29, 1.82) is 0 Å². The topological polar surface area (TPSA) is 34.9 Å². The summed E-state index contributed by atoms with van der Waals surface area (Å²) in [6.07, 6.45) is 3.86. The van der Waals surface area contributed by atoms with Crippen LogP contribution in [0, 0.1) is 6.92 Å². The van der Waals surface area contributed by atoms with Crippen LogP contribution in [0.3, 0.4) is 0 Å². The Morgan fingerprint density at radius 2 is 1.82 bits per heavy atom. The van der Waals surface area contributed by atoms with Crippen LogP contribution in [0.5, 0.6) is 0 Å². The van der Waals surface area contributed by atoms with Gasteiger partial charge in [-0.1, -0.05) is 70.6 Å². The molecule has 0 N–H and O–H groups in total. The molecular weight excluding hydrogens is 483 g/mol. The van der Waals surface area contributed by atoms with Gasteiger partial charge in [-0.3, -0.25) is 4.79 Å². The highest BCUT2D eigenvalue weighted by Gasteiger charge is 2.35. The number of hydrogen-bond donors (Lipinski definition) is 0. The Kier molecular flexibility index (Phi) is 5.61. The molecule has 0 unspecified atom stereocenters. The van der Waals surface area contributed by atoms with E-state index in [9.17, 15) is 4.79 Å². The smallest absolute Gasteiger partial charge is 0.267 e. The minimum atomic E-state index is -0.0222. The van der Waals surface area contributed by atoms with Crippen LogP contribution in [-0.4, -0.2) is 9.78 Å². The summed E-state index contributed by atoms with van der Waals surface area (Å²) >= 11 is 8.77. The van der Waals surface area contributed by atoms with Crippen LogP contribution in [0.4, 0.5) is 0 Å². The molecule has 0 atom stereocenters. The lowest BCUT2D eigenvalue weighted by Gasteiger charge is -2.36. The van der Waals surface area contributed by atoms with Crippen molar-refractivity contribution < 1.29 is 0 Å². The van der Waals surface area contributed by atoms with Gasteiger partial charge in [0.25, 0.3) is 5.56 Å². The number of halogens is 2. The molecule has 1 saturated carbocycles. The van der Waals surface area contributed by atoms with Crippen LogP contribution < -0.4 is 5.56 Å². The lowest BCUT2D eigenvalue weighted by atomic mass is 9.81. The number of aryl methyl sites for hydroxylation is 1. The Hall–Kier alpha value is -1.66. The summed E-state index contributed by atoms with van der Waals surface area (Å²) in [6, 6.07) is 19.9. The van der Waals surface area contributed by atoms with E-state index in [0.717, 1.165) is 47.5 Å². The van der Waals surface area contributed by atoms with Crippen molar-refractivity contribution in [2.24, 2.45) is 0 Å². The first kappa shape index (κ1) is 19.6. The second-order valence-corrected chi connectivity index (χ2v) is 10.0. The third-order valence-corrected chi connectivity index (χ3v) is 7.62. The fourth-order valence-corrected chi connectivity index (χ4v) is 5.20. The second-order valence-electron chi connectivity index (χ2n) is 7.52. The molecule has 3 aromatic rings. The second kappa shape index (κ2) is 7.99. The van der Waals surface area contributed by atoms with Gasteiger partial charge in [-0.15, -0.1) is 0 Å². The van der Waals surface area contributed by atoms with Crippen molar-refractivity contribution in [3.8, 4) is 11.3 Å². The summed E-state index contributed by atoms with van der Waals surface area (Å²) in [6.45, 7) is 2.07. The van der Waals surface area contributed by atoms with Gasteiger partial charge >= 0.3 is 0 Å². The summed E-state index contributed by atoms with van der Waals surface area (Å²) in [5, 5.41) is 5.52. The van der Waals surface area contributed by atoms with E-state index in [0.29, 0.717) is 0 Å². The maximum Gasteiger partial charge on any atom is 0.267 e. The van der Waals surface area contributed by atoms with E-state index in [2.05, 4.69) is 53.8 Å². The monoisotopic (exact) mass is 504 g/mol. The van der Waals surface area contributed by atoms with Crippen LogP contribution >= 0.6 is 34.2 Å².